The number of hydrogen-bond acceptors (Lipinski definition) is 4. The number of hydrazone groups is 1. The Morgan fingerprint density at radius 2 is 2.21 bits per heavy atom. The second-order valence-corrected chi connectivity index (χ2v) is 7.39. The van der Waals surface area contributed by atoms with Crippen molar-refractivity contribution in [2.75, 3.05) is 13.2 Å². The Hall–Kier alpha value is -1.20. The predicted octanol–water partition coefficient (Wildman–Crippen LogP) is 3.55. The Kier molecular flexibility index (Phi) is 6.06. The van der Waals surface area contributed by atoms with Gasteiger partial charge in [-0.2, -0.15) is 5.10 Å². The third-order valence-corrected chi connectivity index (χ3v) is 5.60. The van der Waals surface area contributed by atoms with E-state index in [0.29, 0.717) is 31.5 Å². The first kappa shape index (κ1) is 17.6. The maximum atomic E-state index is 12.1. The number of nitrogens with zero attached hydrogens (tertiary/aromatic N) is 1. The van der Waals surface area contributed by atoms with Crippen molar-refractivity contribution in [1.82, 2.24) is 5.43 Å². The highest BCUT2D eigenvalue weighted by Gasteiger charge is 2.45. The fourth-order valence-corrected chi connectivity index (χ4v) is 4.10. The van der Waals surface area contributed by atoms with E-state index in [-0.39, 0.29) is 5.91 Å². The number of nitrogens with one attached hydrogen (secondary N) is 1. The Bertz CT molecular complexity index is 495. The molecule has 2 atom stereocenters. The van der Waals surface area contributed by atoms with Gasteiger partial charge in [-0.15, -0.1) is 0 Å². The van der Waals surface area contributed by atoms with Gasteiger partial charge in [0.05, 0.1) is 13.2 Å². The summed E-state index contributed by atoms with van der Waals surface area (Å²) in [5.41, 5.74) is 4.15. The lowest BCUT2D eigenvalue weighted by molar-refractivity contribution is -0.213. The second kappa shape index (κ2) is 8.26. The van der Waals surface area contributed by atoms with Gasteiger partial charge in [0.15, 0.2) is 5.79 Å². The molecule has 1 amide bonds. The molecule has 134 valence electrons. The molecule has 0 radical (unpaired) electrons. The number of hydrogen-bond donors (Lipinski definition) is 1. The van der Waals surface area contributed by atoms with Gasteiger partial charge in [0.1, 0.15) is 0 Å². The van der Waals surface area contributed by atoms with Crippen molar-refractivity contribution < 1.29 is 14.3 Å². The molecule has 1 heterocycles. The van der Waals surface area contributed by atoms with Gasteiger partial charge in [0.25, 0.3) is 0 Å². The second-order valence-electron chi connectivity index (χ2n) is 7.39. The predicted molar refractivity (Wildman–Crippen MR) is 93.6 cm³/mol. The molecular formula is C19H30N2O3. The molecule has 24 heavy (non-hydrogen) atoms. The highest BCUT2D eigenvalue weighted by atomic mass is 16.7. The van der Waals surface area contributed by atoms with E-state index in [0.717, 1.165) is 44.9 Å². The molecule has 1 spiro atoms. The van der Waals surface area contributed by atoms with E-state index in [9.17, 15) is 4.79 Å². The Morgan fingerprint density at radius 3 is 2.96 bits per heavy atom. The summed E-state index contributed by atoms with van der Waals surface area (Å²) in [7, 11) is 0. The number of amides is 1. The first-order valence-electron chi connectivity index (χ1n) is 9.43. The Labute approximate surface area is 144 Å². The summed E-state index contributed by atoms with van der Waals surface area (Å²) >= 11 is 0. The lowest BCUT2D eigenvalue weighted by Gasteiger charge is -2.39. The number of carbonyl (C=O) groups is 1. The molecule has 2 aliphatic carbocycles. The third kappa shape index (κ3) is 4.45. The van der Waals surface area contributed by atoms with Crippen LogP contribution in [0.15, 0.2) is 16.8 Å². The number of allylic oxidation sites excluding steroid dienone is 2. The van der Waals surface area contributed by atoms with Crippen LogP contribution < -0.4 is 5.43 Å². The molecule has 1 saturated carbocycles. The lowest BCUT2D eigenvalue weighted by Crippen LogP contribution is -2.42. The normalized spacial score (nSPS) is 29.8. The first-order valence-corrected chi connectivity index (χ1v) is 9.43. The molecule has 1 saturated heterocycles. The molecule has 5 nitrogen and oxygen atoms in total. The average molecular weight is 334 g/mol. The molecule has 0 bridgehead atoms. The fraction of sp³-hybridized carbons (Fsp3) is 0.789. The van der Waals surface area contributed by atoms with Crippen molar-refractivity contribution in [3.05, 3.63) is 11.6 Å². The zero-order valence-corrected chi connectivity index (χ0v) is 14.8. The summed E-state index contributed by atoms with van der Waals surface area (Å²) in [5.74, 6) is 0.368. The van der Waals surface area contributed by atoms with Crippen LogP contribution >= 0.6 is 0 Å². The van der Waals surface area contributed by atoms with E-state index in [1.54, 1.807) is 0 Å². The van der Waals surface area contributed by atoms with E-state index in [2.05, 4.69) is 23.5 Å². The first-order chi connectivity index (χ1) is 11.7. The third-order valence-electron chi connectivity index (χ3n) is 5.60. The molecule has 0 unspecified atom stereocenters. The SMILES string of the molecule is CC1=CC[C@@H](/C=N\NC(=O)CC[C@H]2CCCCC23OCCO3)CC1. The standard InChI is InChI=1S/C19H30N2O3/c1-15-5-7-16(8-6-15)14-20-21-18(22)10-9-17-4-2-3-11-19(17)23-12-13-24-19/h5,14,16-17H,2-4,6-13H2,1H3,(H,21,22)/b20-14-/t16-,17-/m1/s1. The fourth-order valence-electron chi connectivity index (χ4n) is 4.10. The summed E-state index contributed by atoms with van der Waals surface area (Å²) in [6, 6.07) is 0. The quantitative estimate of drug-likeness (QED) is 0.475. The van der Waals surface area contributed by atoms with Crippen LogP contribution in [0.3, 0.4) is 0 Å². The topological polar surface area (TPSA) is 59.9 Å². The van der Waals surface area contributed by atoms with Crippen molar-refractivity contribution in [2.24, 2.45) is 16.9 Å². The molecule has 0 aromatic rings. The van der Waals surface area contributed by atoms with Crippen LogP contribution in [0.2, 0.25) is 0 Å². The van der Waals surface area contributed by atoms with Crippen LogP contribution in [-0.2, 0) is 14.3 Å². The van der Waals surface area contributed by atoms with Crippen LogP contribution in [-0.4, -0.2) is 31.1 Å². The van der Waals surface area contributed by atoms with E-state index < -0.39 is 5.79 Å². The summed E-state index contributed by atoms with van der Waals surface area (Å²) in [6.45, 7) is 3.54. The van der Waals surface area contributed by atoms with Gasteiger partial charge in [-0.3, -0.25) is 4.79 Å². The van der Waals surface area contributed by atoms with Crippen LogP contribution in [0.5, 0.6) is 0 Å². The minimum Gasteiger partial charge on any atom is -0.347 e. The van der Waals surface area contributed by atoms with Crippen LogP contribution in [0, 0.1) is 11.8 Å². The van der Waals surface area contributed by atoms with E-state index in [1.165, 1.54) is 12.0 Å². The van der Waals surface area contributed by atoms with E-state index in [1.807, 2.05) is 6.21 Å². The van der Waals surface area contributed by atoms with E-state index in [4.69, 9.17) is 9.47 Å². The summed E-state index contributed by atoms with van der Waals surface area (Å²) in [6.07, 6.45) is 13.2. The van der Waals surface area contributed by atoms with Gasteiger partial charge in [-0.25, -0.2) is 5.43 Å². The largest absolute Gasteiger partial charge is 0.347 e. The lowest BCUT2D eigenvalue weighted by atomic mass is 9.80. The van der Waals surface area contributed by atoms with E-state index >= 15 is 0 Å². The van der Waals surface area contributed by atoms with Gasteiger partial charge in [0.2, 0.25) is 5.91 Å². The molecule has 0 aromatic heterocycles. The number of rotatable bonds is 5. The molecule has 3 rings (SSSR count). The molecular weight excluding hydrogens is 304 g/mol. The highest BCUT2D eigenvalue weighted by Crippen LogP contribution is 2.42. The minimum absolute atomic E-state index is 0.00694. The van der Waals surface area contributed by atoms with Gasteiger partial charge in [0, 0.05) is 25.0 Å². The Balaban J connectivity index is 1.40. The minimum atomic E-state index is -0.409. The Morgan fingerprint density at radius 1 is 1.38 bits per heavy atom. The van der Waals surface area contributed by atoms with Crippen molar-refractivity contribution in [3.63, 3.8) is 0 Å². The van der Waals surface area contributed by atoms with Gasteiger partial charge in [-0.1, -0.05) is 18.1 Å². The van der Waals surface area contributed by atoms with Crippen LogP contribution in [0.4, 0.5) is 0 Å². The van der Waals surface area contributed by atoms with Gasteiger partial charge < -0.3 is 9.47 Å². The van der Waals surface area contributed by atoms with Crippen molar-refractivity contribution >= 4 is 12.1 Å². The highest BCUT2D eigenvalue weighted by molar-refractivity contribution is 5.76. The van der Waals surface area contributed by atoms with Gasteiger partial charge in [-0.05, 0) is 51.4 Å². The van der Waals surface area contributed by atoms with Gasteiger partial charge >= 0.3 is 0 Å². The molecule has 1 aliphatic heterocycles. The smallest absolute Gasteiger partial charge is 0.240 e. The molecule has 2 fully saturated rings. The summed E-state index contributed by atoms with van der Waals surface area (Å²) < 4.78 is 11.8. The molecule has 5 heteroatoms. The monoisotopic (exact) mass is 334 g/mol. The molecule has 1 N–H and O–H groups in total. The summed E-state index contributed by atoms with van der Waals surface area (Å²) in [4.78, 5) is 12.1. The average Bonchev–Trinajstić information content (AvgIpc) is 3.05. The van der Waals surface area contributed by atoms with Crippen molar-refractivity contribution in [3.8, 4) is 0 Å². The zero-order chi connectivity index (χ0) is 16.8. The maximum absolute atomic E-state index is 12.1. The molecule has 3 aliphatic rings. The maximum Gasteiger partial charge on any atom is 0.240 e. The molecule has 0 aromatic carbocycles. The summed E-state index contributed by atoms with van der Waals surface area (Å²) in [5, 5.41) is 4.16. The van der Waals surface area contributed by atoms with Crippen LogP contribution in [0.1, 0.15) is 64.7 Å². The van der Waals surface area contributed by atoms with Crippen molar-refractivity contribution in [1.29, 1.82) is 0 Å². The zero-order valence-electron chi connectivity index (χ0n) is 14.8. The number of carbonyl (C=O) groups excluding carboxylic acids is 1. The van der Waals surface area contributed by atoms with Crippen molar-refractivity contribution in [2.45, 2.75) is 70.5 Å². The number of ether oxygens (including phenoxy) is 2. The van der Waals surface area contributed by atoms with Crippen LogP contribution in [0.25, 0.3) is 0 Å².